The molecule has 0 saturated carbocycles. The summed E-state index contributed by atoms with van der Waals surface area (Å²) in [7, 11) is 0. The number of fused-ring (bicyclic) bond motifs is 1. The summed E-state index contributed by atoms with van der Waals surface area (Å²) < 4.78 is 0. The number of amides is 1. The third-order valence-electron chi connectivity index (χ3n) is 3.32. The largest absolute Gasteiger partial charge is 0.366 e. The molecule has 4 nitrogen and oxygen atoms in total. The third-order valence-corrected chi connectivity index (χ3v) is 3.32. The molecular formula is C16H13N3O. The SMILES string of the molecule is Cc1cccc(C(N)=O)c1-c1ncnc2ccccc12. The maximum Gasteiger partial charge on any atom is 0.249 e. The summed E-state index contributed by atoms with van der Waals surface area (Å²) in [5.41, 5.74) is 9.28. The molecule has 0 radical (unpaired) electrons. The Morgan fingerprint density at radius 2 is 1.85 bits per heavy atom. The minimum atomic E-state index is -0.452. The number of aryl methyl sites for hydroxylation is 1. The molecule has 0 saturated heterocycles. The topological polar surface area (TPSA) is 68.9 Å². The van der Waals surface area contributed by atoms with Gasteiger partial charge < -0.3 is 5.73 Å². The van der Waals surface area contributed by atoms with E-state index in [0.717, 1.165) is 27.7 Å². The highest BCUT2D eigenvalue weighted by Crippen LogP contribution is 2.30. The second kappa shape index (κ2) is 4.74. The van der Waals surface area contributed by atoms with Gasteiger partial charge in [0.2, 0.25) is 5.91 Å². The predicted octanol–water partition coefficient (Wildman–Crippen LogP) is 2.70. The van der Waals surface area contributed by atoms with E-state index in [2.05, 4.69) is 9.97 Å². The van der Waals surface area contributed by atoms with Crippen molar-refractivity contribution in [3.8, 4) is 11.3 Å². The molecule has 4 heteroatoms. The van der Waals surface area contributed by atoms with Gasteiger partial charge in [0, 0.05) is 16.5 Å². The Balaban J connectivity index is 2.40. The number of para-hydroxylation sites is 1. The van der Waals surface area contributed by atoms with Crippen molar-refractivity contribution in [3.05, 3.63) is 59.9 Å². The van der Waals surface area contributed by atoms with Crippen LogP contribution in [-0.2, 0) is 0 Å². The molecule has 3 aromatic rings. The van der Waals surface area contributed by atoms with Crippen LogP contribution in [0.1, 0.15) is 15.9 Å². The molecule has 1 amide bonds. The summed E-state index contributed by atoms with van der Waals surface area (Å²) in [6, 6.07) is 13.2. The lowest BCUT2D eigenvalue weighted by Gasteiger charge is -2.11. The molecule has 98 valence electrons. The molecule has 0 aliphatic rings. The van der Waals surface area contributed by atoms with Crippen molar-refractivity contribution in [2.75, 3.05) is 0 Å². The van der Waals surface area contributed by atoms with E-state index in [0.29, 0.717) is 5.56 Å². The van der Waals surface area contributed by atoms with Crippen molar-refractivity contribution >= 4 is 16.8 Å². The Bertz CT molecular complexity index is 806. The van der Waals surface area contributed by atoms with Gasteiger partial charge in [0.15, 0.2) is 0 Å². The standard InChI is InChI=1S/C16H13N3O/c1-10-5-4-7-12(16(17)20)14(10)15-11-6-2-3-8-13(11)18-9-19-15/h2-9H,1H3,(H2,17,20). The maximum absolute atomic E-state index is 11.7. The van der Waals surface area contributed by atoms with Crippen LogP contribution in [0.15, 0.2) is 48.8 Å². The van der Waals surface area contributed by atoms with Gasteiger partial charge in [-0.05, 0) is 24.6 Å². The smallest absolute Gasteiger partial charge is 0.249 e. The second-order valence-electron chi connectivity index (χ2n) is 4.60. The number of primary amides is 1. The maximum atomic E-state index is 11.7. The fourth-order valence-electron chi connectivity index (χ4n) is 2.39. The van der Waals surface area contributed by atoms with Gasteiger partial charge in [-0.3, -0.25) is 4.79 Å². The highest BCUT2D eigenvalue weighted by molar-refractivity contribution is 6.04. The van der Waals surface area contributed by atoms with Crippen molar-refractivity contribution < 1.29 is 4.79 Å². The van der Waals surface area contributed by atoms with Crippen LogP contribution in [-0.4, -0.2) is 15.9 Å². The van der Waals surface area contributed by atoms with E-state index in [1.165, 1.54) is 6.33 Å². The average Bonchev–Trinajstić information content (AvgIpc) is 2.46. The van der Waals surface area contributed by atoms with Gasteiger partial charge in [-0.1, -0.05) is 30.3 Å². The number of carbonyl (C=O) groups excluding carboxylic acids is 1. The Kier molecular flexibility index (Phi) is 2.91. The first-order chi connectivity index (χ1) is 9.68. The molecule has 1 heterocycles. The zero-order valence-corrected chi connectivity index (χ0v) is 11.0. The van der Waals surface area contributed by atoms with Gasteiger partial charge in [-0.2, -0.15) is 0 Å². The summed E-state index contributed by atoms with van der Waals surface area (Å²) >= 11 is 0. The number of nitrogens with zero attached hydrogens (tertiary/aromatic N) is 2. The van der Waals surface area contributed by atoms with E-state index >= 15 is 0 Å². The van der Waals surface area contributed by atoms with Gasteiger partial charge >= 0.3 is 0 Å². The molecule has 0 fully saturated rings. The molecule has 20 heavy (non-hydrogen) atoms. The molecule has 0 bridgehead atoms. The van der Waals surface area contributed by atoms with Gasteiger partial charge in [-0.25, -0.2) is 9.97 Å². The highest BCUT2D eigenvalue weighted by Gasteiger charge is 2.15. The van der Waals surface area contributed by atoms with E-state index in [4.69, 9.17) is 5.73 Å². The normalized spacial score (nSPS) is 10.7. The van der Waals surface area contributed by atoms with Crippen molar-refractivity contribution in [1.82, 2.24) is 9.97 Å². The quantitative estimate of drug-likeness (QED) is 0.772. The van der Waals surface area contributed by atoms with Crippen LogP contribution >= 0.6 is 0 Å². The van der Waals surface area contributed by atoms with Gasteiger partial charge in [0.25, 0.3) is 0 Å². The molecule has 0 aliphatic heterocycles. The Morgan fingerprint density at radius 1 is 1.05 bits per heavy atom. The predicted molar refractivity (Wildman–Crippen MR) is 78.2 cm³/mol. The lowest BCUT2D eigenvalue weighted by molar-refractivity contribution is 0.100. The molecular weight excluding hydrogens is 250 g/mol. The molecule has 3 rings (SSSR count). The summed E-state index contributed by atoms with van der Waals surface area (Å²) in [6.45, 7) is 1.94. The lowest BCUT2D eigenvalue weighted by atomic mass is 9.96. The number of benzene rings is 2. The van der Waals surface area contributed by atoms with Gasteiger partial charge in [0.1, 0.15) is 6.33 Å². The van der Waals surface area contributed by atoms with Crippen LogP contribution in [0, 0.1) is 6.92 Å². The first-order valence-corrected chi connectivity index (χ1v) is 6.28. The van der Waals surface area contributed by atoms with Crippen LogP contribution in [0.4, 0.5) is 0 Å². The van der Waals surface area contributed by atoms with Gasteiger partial charge in [0.05, 0.1) is 11.2 Å². The van der Waals surface area contributed by atoms with Crippen molar-refractivity contribution in [2.45, 2.75) is 6.92 Å². The van der Waals surface area contributed by atoms with Crippen molar-refractivity contribution in [1.29, 1.82) is 0 Å². The third kappa shape index (κ3) is 1.91. The first kappa shape index (κ1) is 12.3. The van der Waals surface area contributed by atoms with E-state index < -0.39 is 5.91 Å². The summed E-state index contributed by atoms with van der Waals surface area (Å²) in [4.78, 5) is 20.3. The minimum absolute atomic E-state index is 0.452. The molecule has 0 spiro atoms. The molecule has 0 atom stereocenters. The number of rotatable bonds is 2. The monoisotopic (exact) mass is 263 g/mol. The summed E-state index contributed by atoms with van der Waals surface area (Å²) in [5.74, 6) is -0.452. The van der Waals surface area contributed by atoms with Crippen molar-refractivity contribution in [2.24, 2.45) is 5.73 Å². The van der Waals surface area contributed by atoms with Crippen LogP contribution < -0.4 is 5.73 Å². The average molecular weight is 263 g/mol. The fourth-order valence-corrected chi connectivity index (χ4v) is 2.39. The van der Waals surface area contributed by atoms with E-state index in [9.17, 15) is 4.79 Å². The van der Waals surface area contributed by atoms with E-state index in [1.807, 2.05) is 43.3 Å². The number of hydrogen-bond acceptors (Lipinski definition) is 3. The van der Waals surface area contributed by atoms with E-state index in [1.54, 1.807) is 6.07 Å². The number of hydrogen-bond donors (Lipinski definition) is 1. The fraction of sp³-hybridized carbons (Fsp3) is 0.0625. The Hall–Kier alpha value is -2.75. The van der Waals surface area contributed by atoms with Gasteiger partial charge in [-0.15, -0.1) is 0 Å². The lowest BCUT2D eigenvalue weighted by Crippen LogP contribution is -2.13. The molecule has 2 N–H and O–H groups in total. The zero-order valence-electron chi connectivity index (χ0n) is 11.0. The first-order valence-electron chi connectivity index (χ1n) is 6.28. The highest BCUT2D eigenvalue weighted by atomic mass is 16.1. The number of aromatic nitrogens is 2. The zero-order chi connectivity index (χ0) is 14.1. The molecule has 1 aromatic heterocycles. The minimum Gasteiger partial charge on any atom is -0.366 e. The number of carbonyl (C=O) groups is 1. The number of nitrogens with two attached hydrogens (primary N) is 1. The molecule has 0 unspecified atom stereocenters. The summed E-state index contributed by atoms with van der Waals surface area (Å²) in [5, 5.41) is 0.909. The molecule has 0 aliphatic carbocycles. The molecule has 2 aromatic carbocycles. The van der Waals surface area contributed by atoms with E-state index in [-0.39, 0.29) is 0 Å². The summed E-state index contributed by atoms with van der Waals surface area (Å²) in [6.07, 6.45) is 1.51. The Morgan fingerprint density at radius 3 is 2.65 bits per heavy atom. The van der Waals surface area contributed by atoms with Crippen LogP contribution in [0.3, 0.4) is 0 Å². The van der Waals surface area contributed by atoms with Crippen LogP contribution in [0.5, 0.6) is 0 Å². The van der Waals surface area contributed by atoms with Crippen molar-refractivity contribution in [3.63, 3.8) is 0 Å². The van der Waals surface area contributed by atoms with Crippen LogP contribution in [0.25, 0.3) is 22.2 Å². The second-order valence-corrected chi connectivity index (χ2v) is 4.60. The Labute approximate surface area is 116 Å². The van der Waals surface area contributed by atoms with Crippen LogP contribution in [0.2, 0.25) is 0 Å².